The SMILES string of the molecule is CN1C(=O)C[C@H](C(=O)NCc2ncn(C)n2)[C@@H]1c1cccc(Cl)c1. The minimum atomic E-state index is -0.468. The predicted octanol–water partition coefficient (Wildman–Crippen LogP) is 1.30. The third-order valence-corrected chi connectivity index (χ3v) is 4.42. The molecule has 1 aliphatic rings. The van der Waals surface area contributed by atoms with Crippen molar-refractivity contribution in [3.05, 3.63) is 47.0 Å². The fraction of sp³-hybridized carbons (Fsp3) is 0.375. The molecule has 24 heavy (non-hydrogen) atoms. The summed E-state index contributed by atoms with van der Waals surface area (Å²) < 4.78 is 1.57. The first-order valence-electron chi connectivity index (χ1n) is 7.59. The molecular formula is C16H18ClN5O2. The number of carbonyl (C=O) groups excluding carboxylic acids is 2. The van der Waals surface area contributed by atoms with E-state index in [2.05, 4.69) is 15.4 Å². The summed E-state index contributed by atoms with van der Waals surface area (Å²) in [4.78, 5) is 30.4. The van der Waals surface area contributed by atoms with Gasteiger partial charge in [0, 0.05) is 25.5 Å². The van der Waals surface area contributed by atoms with Crippen LogP contribution in [0, 0.1) is 5.92 Å². The standard InChI is InChI=1S/C16H18ClN5O2/c1-21-9-19-13(20-21)8-18-16(24)12-7-14(23)22(2)15(12)10-4-3-5-11(17)6-10/h3-6,9,12,15H,7-8H2,1-2H3,(H,18,24)/t12-,15-/m0/s1. The number of amides is 2. The van der Waals surface area contributed by atoms with Crippen molar-refractivity contribution >= 4 is 23.4 Å². The van der Waals surface area contributed by atoms with Gasteiger partial charge in [0.05, 0.1) is 18.5 Å². The Morgan fingerprint density at radius 2 is 2.21 bits per heavy atom. The Balaban J connectivity index is 1.76. The molecule has 1 aromatic heterocycles. The predicted molar refractivity (Wildman–Crippen MR) is 87.9 cm³/mol. The molecule has 2 aromatic rings. The molecule has 0 saturated carbocycles. The zero-order chi connectivity index (χ0) is 17.3. The molecule has 0 bridgehead atoms. The van der Waals surface area contributed by atoms with Gasteiger partial charge >= 0.3 is 0 Å². The highest BCUT2D eigenvalue weighted by Crippen LogP contribution is 2.37. The fourth-order valence-corrected chi connectivity index (χ4v) is 3.21. The van der Waals surface area contributed by atoms with Crippen LogP contribution < -0.4 is 5.32 Å². The molecule has 7 nitrogen and oxygen atoms in total. The van der Waals surface area contributed by atoms with Crippen molar-refractivity contribution in [1.29, 1.82) is 0 Å². The molecule has 0 radical (unpaired) electrons. The van der Waals surface area contributed by atoms with Crippen LogP contribution in [-0.2, 0) is 23.2 Å². The highest BCUT2D eigenvalue weighted by molar-refractivity contribution is 6.30. The summed E-state index contributed by atoms with van der Waals surface area (Å²) in [7, 11) is 3.47. The highest BCUT2D eigenvalue weighted by atomic mass is 35.5. The van der Waals surface area contributed by atoms with Crippen LogP contribution in [0.2, 0.25) is 5.02 Å². The highest BCUT2D eigenvalue weighted by Gasteiger charge is 2.42. The third kappa shape index (κ3) is 3.26. The first-order chi connectivity index (χ1) is 11.5. The van der Waals surface area contributed by atoms with Crippen molar-refractivity contribution in [1.82, 2.24) is 25.0 Å². The number of hydrogen-bond donors (Lipinski definition) is 1. The van der Waals surface area contributed by atoms with Crippen LogP contribution in [0.5, 0.6) is 0 Å². The summed E-state index contributed by atoms with van der Waals surface area (Å²) in [5, 5.41) is 7.53. The van der Waals surface area contributed by atoms with E-state index >= 15 is 0 Å². The van der Waals surface area contributed by atoms with Crippen LogP contribution in [-0.4, -0.2) is 38.5 Å². The van der Waals surface area contributed by atoms with Crippen LogP contribution in [0.4, 0.5) is 0 Å². The Morgan fingerprint density at radius 3 is 2.88 bits per heavy atom. The molecule has 8 heteroatoms. The van der Waals surface area contributed by atoms with Crippen molar-refractivity contribution in [2.45, 2.75) is 19.0 Å². The molecule has 2 atom stereocenters. The van der Waals surface area contributed by atoms with Crippen molar-refractivity contribution in [3.63, 3.8) is 0 Å². The average Bonchev–Trinajstić information content (AvgIpc) is 3.09. The third-order valence-electron chi connectivity index (χ3n) is 4.18. The molecule has 0 aliphatic carbocycles. The molecule has 3 rings (SSSR count). The second-order valence-corrected chi connectivity index (χ2v) is 6.30. The average molecular weight is 348 g/mol. The molecule has 126 valence electrons. The summed E-state index contributed by atoms with van der Waals surface area (Å²) in [5.41, 5.74) is 0.854. The second kappa shape index (κ2) is 6.60. The second-order valence-electron chi connectivity index (χ2n) is 5.87. The van der Waals surface area contributed by atoms with Crippen molar-refractivity contribution in [2.24, 2.45) is 13.0 Å². The monoisotopic (exact) mass is 347 g/mol. The van der Waals surface area contributed by atoms with Gasteiger partial charge < -0.3 is 10.2 Å². The van der Waals surface area contributed by atoms with Crippen LogP contribution in [0.25, 0.3) is 0 Å². The van der Waals surface area contributed by atoms with E-state index in [0.717, 1.165) is 5.56 Å². The lowest BCUT2D eigenvalue weighted by atomic mass is 9.93. The molecular weight excluding hydrogens is 330 g/mol. The molecule has 0 unspecified atom stereocenters. The number of aromatic nitrogens is 3. The lowest BCUT2D eigenvalue weighted by Crippen LogP contribution is -2.34. The number of hydrogen-bond acceptors (Lipinski definition) is 4. The maximum atomic E-state index is 12.6. The maximum Gasteiger partial charge on any atom is 0.226 e. The van der Waals surface area contributed by atoms with Gasteiger partial charge in [-0.05, 0) is 17.7 Å². The number of halogens is 1. The number of nitrogens with zero attached hydrogens (tertiary/aromatic N) is 4. The lowest BCUT2D eigenvalue weighted by molar-refractivity contribution is -0.128. The van der Waals surface area contributed by atoms with Crippen LogP contribution in [0.3, 0.4) is 0 Å². The van der Waals surface area contributed by atoms with Gasteiger partial charge in [-0.3, -0.25) is 14.3 Å². The van der Waals surface area contributed by atoms with Crippen molar-refractivity contribution < 1.29 is 9.59 Å². The van der Waals surface area contributed by atoms with Crippen LogP contribution in [0.1, 0.15) is 23.9 Å². The number of rotatable bonds is 4. The zero-order valence-corrected chi connectivity index (χ0v) is 14.2. The fourth-order valence-electron chi connectivity index (χ4n) is 3.01. The minimum Gasteiger partial charge on any atom is -0.348 e. The van der Waals surface area contributed by atoms with Gasteiger partial charge in [0.15, 0.2) is 5.82 Å². The minimum absolute atomic E-state index is 0.0592. The van der Waals surface area contributed by atoms with E-state index in [1.165, 1.54) is 0 Å². The summed E-state index contributed by atoms with van der Waals surface area (Å²) >= 11 is 6.06. The van der Waals surface area contributed by atoms with Gasteiger partial charge in [0.25, 0.3) is 0 Å². The number of carbonyl (C=O) groups is 2. The summed E-state index contributed by atoms with van der Waals surface area (Å²) in [6.07, 6.45) is 1.75. The first kappa shape index (κ1) is 16.4. The molecule has 1 fully saturated rings. The van der Waals surface area contributed by atoms with Crippen LogP contribution in [0.15, 0.2) is 30.6 Å². The van der Waals surface area contributed by atoms with E-state index < -0.39 is 5.92 Å². The Kier molecular flexibility index (Phi) is 4.53. The maximum absolute atomic E-state index is 12.6. The van der Waals surface area contributed by atoms with E-state index in [-0.39, 0.29) is 30.8 Å². The quantitative estimate of drug-likeness (QED) is 0.904. The Bertz CT molecular complexity index is 775. The molecule has 0 spiro atoms. The number of likely N-dealkylation sites (tertiary alicyclic amines) is 1. The Hall–Kier alpha value is -2.41. The molecule has 1 N–H and O–H groups in total. The van der Waals surface area contributed by atoms with E-state index in [4.69, 9.17) is 11.6 Å². The van der Waals surface area contributed by atoms with E-state index in [0.29, 0.717) is 10.8 Å². The van der Waals surface area contributed by atoms with E-state index in [9.17, 15) is 9.59 Å². The largest absolute Gasteiger partial charge is 0.348 e. The molecule has 1 aliphatic heterocycles. The first-order valence-corrected chi connectivity index (χ1v) is 7.97. The van der Waals surface area contributed by atoms with Gasteiger partial charge in [-0.2, -0.15) is 5.10 Å². The normalized spacial score (nSPS) is 20.5. The van der Waals surface area contributed by atoms with Gasteiger partial charge in [0.2, 0.25) is 11.8 Å². The molecule has 1 saturated heterocycles. The van der Waals surface area contributed by atoms with Crippen molar-refractivity contribution in [3.8, 4) is 0 Å². The molecule has 2 heterocycles. The number of nitrogens with one attached hydrogen (secondary N) is 1. The summed E-state index contributed by atoms with van der Waals surface area (Å²) in [6.45, 7) is 0.232. The van der Waals surface area contributed by atoms with E-state index in [1.54, 1.807) is 42.1 Å². The Morgan fingerprint density at radius 1 is 1.42 bits per heavy atom. The molecule has 1 aromatic carbocycles. The topological polar surface area (TPSA) is 80.1 Å². The van der Waals surface area contributed by atoms with Gasteiger partial charge in [-0.25, -0.2) is 4.98 Å². The van der Waals surface area contributed by atoms with Crippen molar-refractivity contribution in [2.75, 3.05) is 7.05 Å². The Labute approximate surface area is 144 Å². The smallest absolute Gasteiger partial charge is 0.226 e. The summed E-state index contributed by atoms with van der Waals surface area (Å²) in [5.74, 6) is -0.186. The summed E-state index contributed by atoms with van der Waals surface area (Å²) in [6, 6.07) is 6.94. The number of benzene rings is 1. The van der Waals surface area contributed by atoms with Gasteiger partial charge in [-0.15, -0.1) is 0 Å². The lowest BCUT2D eigenvalue weighted by Gasteiger charge is -2.25. The molecule has 2 amide bonds. The van der Waals surface area contributed by atoms with E-state index in [1.807, 2.05) is 12.1 Å². The number of aryl methyl sites for hydroxylation is 1. The zero-order valence-electron chi connectivity index (χ0n) is 13.4. The van der Waals surface area contributed by atoms with Gasteiger partial charge in [-0.1, -0.05) is 23.7 Å². The van der Waals surface area contributed by atoms with Gasteiger partial charge in [0.1, 0.15) is 6.33 Å². The van der Waals surface area contributed by atoms with Crippen LogP contribution >= 0.6 is 11.6 Å².